The van der Waals surface area contributed by atoms with Gasteiger partial charge in [-0.05, 0) is 59.4 Å². The first-order chi connectivity index (χ1) is 20.0. The van der Waals surface area contributed by atoms with Gasteiger partial charge in [-0.1, -0.05) is 12.1 Å². The monoisotopic (exact) mass is 586 g/mol. The molecule has 42 heavy (non-hydrogen) atoms. The number of rotatable bonds is 7. The predicted molar refractivity (Wildman–Crippen MR) is 138 cm³/mol. The standard InChI is InChI=1S/C30H23F5N2O5/c1-14-36-37-29(42-14)28-23(31)8-16(9-24(28)32)27-21-4-2-15(19(21)6-7-22(27)30(33,34)35)12-40-18-3-5-20-17(10-26(38)39)13-41-25(20)11-18/h3,5-9,11,15,17H,2,4,10,12-13H2,1H3,(H,38,39)/t15-,17+/m0/s1. The number of carboxylic acid groups (broad SMARTS) is 1. The van der Waals surface area contributed by atoms with Gasteiger partial charge >= 0.3 is 12.1 Å². The summed E-state index contributed by atoms with van der Waals surface area (Å²) in [6, 6.07) is 9.17. The molecule has 2 aliphatic rings. The van der Waals surface area contributed by atoms with Crippen molar-refractivity contribution >= 4 is 5.97 Å². The second kappa shape index (κ2) is 10.4. The summed E-state index contributed by atoms with van der Waals surface area (Å²) < 4.78 is 89.4. The number of aryl methyl sites for hydroxylation is 1. The zero-order chi connectivity index (χ0) is 29.8. The summed E-state index contributed by atoms with van der Waals surface area (Å²) in [7, 11) is 0. The molecule has 0 fully saturated rings. The third-order valence-corrected chi connectivity index (χ3v) is 7.64. The number of carbonyl (C=O) groups is 1. The Bertz CT molecular complexity index is 1680. The van der Waals surface area contributed by atoms with Gasteiger partial charge in [0.05, 0.1) is 25.2 Å². The van der Waals surface area contributed by atoms with Gasteiger partial charge in [-0.3, -0.25) is 4.79 Å². The normalized spacial score (nSPS) is 17.6. The van der Waals surface area contributed by atoms with Crippen molar-refractivity contribution in [2.45, 2.75) is 44.2 Å². The maximum Gasteiger partial charge on any atom is 0.417 e. The van der Waals surface area contributed by atoms with E-state index in [0.29, 0.717) is 29.0 Å². The summed E-state index contributed by atoms with van der Waals surface area (Å²) in [6.45, 7) is 1.84. The van der Waals surface area contributed by atoms with Crippen LogP contribution >= 0.6 is 0 Å². The average Bonchev–Trinajstić information content (AvgIpc) is 3.64. The van der Waals surface area contributed by atoms with Crippen LogP contribution in [0.4, 0.5) is 22.0 Å². The predicted octanol–water partition coefficient (Wildman–Crippen LogP) is 7.07. The van der Waals surface area contributed by atoms with E-state index in [-0.39, 0.29) is 54.9 Å². The Labute approximate surface area is 235 Å². The first-order valence-electron chi connectivity index (χ1n) is 13.1. The summed E-state index contributed by atoms with van der Waals surface area (Å²) in [5.74, 6) is -3.02. The van der Waals surface area contributed by atoms with Gasteiger partial charge in [0, 0.05) is 30.4 Å². The highest BCUT2D eigenvalue weighted by Gasteiger charge is 2.38. The van der Waals surface area contributed by atoms with Crippen LogP contribution in [-0.2, 0) is 17.4 Å². The van der Waals surface area contributed by atoms with Gasteiger partial charge < -0.3 is 19.0 Å². The first-order valence-corrected chi connectivity index (χ1v) is 13.1. The molecule has 0 unspecified atom stereocenters. The minimum Gasteiger partial charge on any atom is -0.493 e. The molecule has 1 aromatic heterocycles. The van der Waals surface area contributed by atoms with Crippen LogP contribution in [0.1, 0.15) is 52.8 Å². The lowest BCUT2D eigenvalue weighted by atomic mass is 9.89. The van der Waals surface area contributed by atoms with E-state index in [4.69, 9.17) is 19.0 Å². The van der Waals surface area contributed by atoms with E-state index >= 15 is 8.78 Å². The van der Waals surface area contributed by atoms with Crippen molar-refractivity contribution in [3.63, 3.8) is 0 Å². The number of aromatic nitrogens is 2. The largest absolute Gasteiger partial charge is 0.493 e. The summed E-state index contributed by atoms with van der Waals surface area (Å²) in [4.78, 5) is 11.1. The molecule has 0 bridgehead atoms. The molecule has 1 aliphatic heterocycles. The van der Waals surface area contributed by atoms with E-state index in [2.05, 4.69) is 10.2 Å². The molecule has 12 heteroatoms. The molecule has 0 saturated carbocycles. The molecule has 0 saturated heterocycles. The highest BCUT2D eigenvalue weighted by molar-refractivity contribution is 5.76. The zero-order valence-electron chi connectivity index (χ0n) is 22.1. The van der Waals surface area contributed by atoms with Crippen molar-refractivity contribution in [2.24, 2.45) is 0 Å². The number of ether oxygens (including phenoxy) is 2. The smallest absolute Gasteiger partial charge is 0.417 e. The van der Waals surface area contributed by atoms with Gasteiger partial charge in [-0.2, -0.15) is 13.2 Å². The molecule has 0 amide bonds. The molecule has 4 aromatic rings. The second-order valence-corrected chi connectivity index (χ2v) is 10.3. The average molecular weight is 587 g/mol. The van der Waals surface area contributed by atoms with Gasteiger partial charge in [0.2, 0.25) is 5.89 Å². The quantitative estimate of drug-likeness (QED) is 0.232. The van der Waals surface area contributed by atoms with Crippen LogP contribution in [0.15, 0.2) is 46.9 Å². The first kappa shape index (κ1) is 27.7. The number of alkyl halides is 3. The number of hydrogen-bond acceptors (Lipinski definition) is 6. The van der Waals surface area contributed by atoms with E-state index in [9.17, 15) is 18.0 Å². The number of hydrogen-bond donors (Lipinski definition) is 1. The minimum absolute atomic E-state index is 0.0541. The Morgan fingerprint density at radius 3 is 2.43 bits per heavy atom. The summed E-state index contributed by atoms with van der Waals surface area (Å²) >= 11 is 0. The van der Waals surface area contributed by atoms with Gasteiger partial charge in [0.25, 0.3) is 5.89 Å². The zero-order valence-corrected chi connectivity index (χ0v) is 22.1. The summed E-state index contributed by atoms with van der Waals surface area (Å²) in [6.07, 6.45) is -4.10. The Morgan fingerprint density at radius 1 is 1.02 bits per heavy atom. The van der Waals surface area contributed by atoms with E-state index in [1.165, 1.54) is 13.0 Å². The van der Waals surface area contributed by atoms with Crippen LogP contribution in [0.3, 0.4) is 0 Å². The third kappa shape index (κ3) is 5.05. The molecule has 6 rings (SSSR count). The SMILES string of the molecule is Cc1nnc(-c2c(F)cc(-c3c(C(F)(F)F)ccc4c3CC[C@H]4COc3ccc4c(c3)OC[C@H]4CC(=O)O)cc2F)o1. The molecule has 0 radical (unpaired) electrons. The molecular formula is C30H23F5N2O5. The van der Waals surface area contributed by atoms with Crippen molar-refractivity contribution in [1.82, 2.24) is 10.2 Å². The highest BCUT2D eigenvalue weighted by atomic mass is 19.4. The van der Waals surface area contributed by atoms with Gasteiger partial charge in [-0.15, -0.1) is 10.2 Å². The van der Waals surface area contributed by atoms with Crippen LogP contribution < -0.4 is 9.47 Å². The third-order valence-electron chi connectivity index (χ3n) is 7.64. The molecule has 1 N–H and O–H groups in total. The fourth-order valence-electron chi connectivity index (χ4n) is 5.77. The maximum absolute atomic E-state index is 15.1. The summed E-state index contributed by atoms with van der Waals surface area (Å²) in [5, 5.41) is 16.3. The van der Waals surface area contributed by atoms with E-state index in [0.717, 1.165) is 23.8 Å². The Hall–Kier alpha value is -4.48. The van der Waals surface area contributed by atoms with Crippen molar-refractivity contribution in [3.8, 4) is 34.1 Å². The van der Waals surface area contributed by atoms with E-state index in [1.54, 1.807) is 18.2 Å². The number of halogens is 5. The number of carboxylic acids is 1. The van der Waals surface area contributed by atoms with Crippen molar-refractivity contribution in [3.05, 3.63) is 82.2 Å². The molecule has 218 valence electrons. The molecule has 1 aliphatic carbocycles. The van der Waals surface area contributed by atoms with E-state index < -0.39 is 40.8 Å². The summed E-state index contributed by atoms with van der Waals surface area (Å²) in [5.41, 5.74) is -0.387. The maximum atomic E-state index is 15.1. The van der Waals surface area contributed by atoms with Crippen LogP contribution in [0, 0.1) is 18.6 Å². The molecule has 3 aromatic carbocycles. The van der Waals surface area contributed by atoms with E-state index in [1.807, 2.05) is 0 Å². The number of aliphatic carboxylic acids is 1. The minimum atomic E-state index is -4.77. The Balaban J connectivity index is 1.30. The Morgan fingerprint density at radius 2 is 1.76 bits per heavy atom. The fraction of sp³-hybridized carbons (Fsp3) is 0.300. The van der Waals surface area contributed by atoms with Gasteiger partial charge in [0.1, 0.15) is 28.7 Å². The molecule has 2 atom stereocenters. The van der Waals surface area contributed by atoms with Crippen molar-refractivity contribution < 1.29 is 45.7 Å². The lowest BCUT2D eigenvalue weighted by molar-refractivity contribution is -0.138. The molecule has 7 nitrogen and oxygen atoms in total. The van der Waals surface area contributed by atoms with Crippen LogP contribution in [0.2, 0.25) is 0 Å². The molecule has 2 heterocycles. The number of benzene rings is 3. The fourth-order valence-corrected chi connectivity index (χ4v) is 5.77. The number of nitrogens with zero attached hydrogens (tertiary/aromatic N) is 2. The van der Waals surface area contributed by atoms with Crippen molar-refractivity contribution in [1.29, 1.82) is 0 Å². The van der Waals surface area contributed by atoms with Gasteiger partial charge in [0.15, 0.2) is 0 Å². The van der Waals surface area contributed by atoms with Crippen LogP contribution in [0.25, 0.3) is 22.6 Å². The lowest BCUT2D eigenvalue weighted by Crippen LogP contribution is -2.11. The van der Waals surface area contributed by atoms with Crippen LogP contribution in [0.5, 0.6) is 11.5 Å². The Kier molecular flexibility index (Phi) is 6.86. The van der Waals surface area contributed by atoms with Crippen LogP contribution in [-0.4, -0.2) is 34.5 Å². The number of fused-ring (bicyclic) bond motifs is 2. The molecular weight excluding hydrogens is 563 g/mol. The van der Waals surface area contributed by atoms with Crippen molar-refractivity contribution in [2.75, 3.05) is 13.2 Å². The topological polar surface area (TPSA) is 94.7 Å². The lowest BCUT2D eigenvalue weighted by Gasteiger charge is -2.19. The highest BCUT2D eigenvalue weighted by Crippen LogP contribution is 2.47. The second-order valence-electron chi connectivity index (χ2n) is 10.3. The molecule has 0 spiro atoms. The van der Waals surface area contributed by atoms with Gasteiger partial charge in [-0.25, -0.2) is 8.78 Å².